The first-order chi connectivity index (χ1) is 21.9. The van der Waals surface area contributed by atoms with E-state index >= 15 is 0 Å². The lowest BCUT2D eigenvalue weighted by Crippen LogP contribution is -2.56. The lowest BCUT2D eigenvalue weighted by Gasteiger charge is -2.54. The average molecular weight is 636 g/mol. The van der Waals surface area contributed by atoms with Gasteiger partial charge >= 0.3 is 0 Å². The molecule has 4 saturated carbocycles. The van der Waals surface area contributed by atoms with Gasteiger partial charge in [-0.3, -0.25) is 28.8 Å². The van der Waals surface area contributed by atoms with Gasteiger partial charge in [0.1, 0.15) is 23.5 Å². The van der Waals surface area contributed by atoms with Gasteiger partial charge in [0.05, 0.1) is 0 Å². The second kappa shape index (κ2) is 13.6. The Hall–Kier alpha value is -4.22. The van der Waals surface area contributed by atoms with Crippen molar-refractivity contribution in [3.63, 3.8) is 0 Å². The zero-order valence-corrected chi connectivity index (χ0v) is 27.1. The van der Waals surface area contributed by atoms with Crippen LogP contribution in [-0.4, -0.2) is 52.1 Å². The van der Waals surface area contributed by atoms with Gasteiger partial charge in [-0.25, -0.2) is 0 Å². The summed E-state index contributed by atoms with van der Waals surface area (Å²) in [4.78, 5) is 78.1. The molecule has 0 spiro atoms. The van der Waals surface area contributed by atoms with Crippen molar-refractivity contribution in [2.45, 2.75) is 97.2 Å². The van der Waals surface area contributed by atoms with Gasteiger partial charge in [-0.2, -0.15) is 0 Å². The first-order valence-corrected chi connectivity index (χ1v) is 16.4. The molecule has 4 amide bonds. The third-order valence-corrected chi connectivity index (χ3v) is 9.99. The molecule has 248 valence electrons. The predicted octanol–water partition coefficient (Wildman–Crippen LogP) is 2.87. The Bertz CT molecular complexity index is 1550. The van der Waals surface area contributed by atoms with Crippen molar-refractivity contribution in [3.05, 3.63) is 51.8 Å². The Labute approximate surface area is 268 Å². The highest BCUT2D eigenvalue weighted by atomic mass is 16.4. The third kappa shape index (κ3) is 7.10. The molecular weight excluding hydrogens is 590 g/mol. The van der Waals surface area contributed by atoms with E-state index in [1.165, 1.54) is 30.2 Å². The topological polar surface area (TPSA) is 169 Å². The molecule has 6 rings (SSSR count). The number of ketones is 1. The van der Waals surface area contributed by atoms with E-state index in [0.29, 0.717) is 29.6 Å². The van der Waals surface area contributed by atoms with Crippen LogP contribution in [-0.2, 0) is 32.1 Å². The number of likely N-dealkylation sites (N-methyl/N-ethyl adjacent to an activating group) is 1. The van der Waals surface area contributed by atoms with Gasteiger partial charge < -0.3 is 30.3 Å². The first-order valence-electron chi connectivity index (χ1n) is 16.4. The average Bonchev–Trinajstić information content (AvgIpc) is 3.40. The molecule has 2 aromatic rings. The molecule has 4 aliphatic rings. The lowest BCUT2D eigenvalue weighted by molar-refractivity contribution is -0.138. The number of furan rings is 1. The summed E-state index contributed by atoms with van der Waals surface area (Å²) in [6, 6.07) is 4.84. The Morgan fingerprint density at radius 2 is 1.70 bits per heavy atom. The Kier molecular flexibility index (Phi) is 9.83. The minimum Gasteiger partial charge on any atom is -0.456 e. The zero-order valence-electron chi connectivity index (χ0n) is 27.1. The summed E-state index contributed by atoms with van der Waals surface area (Å²) < 4.78 is 6.90. The highest BCUT2D eigenvalue weighted by Gasteiger charge is 2.48. The second-order valence-electron chi connectivity index (χ2n) is 13.5. The standard InChI is InChI=1S/C34H45N5O7/c1-5-24-12-19(3)29(46-24)31(43)38-34(4,10-9-26(40)30(42)35-6-2)33(45)36-25-8-7-11-39(32(25)44)18-27(41)37-28-22-14-20-13-21(16-22)17-23(28)15-20/h7-8,11-12,20-23,28H,5-6,9-10,13-18H2,1-4H3,(H,35,42)(H,36,45)(H,37,41)(H,38,43). The van der Waals surface area contributed by atoms with Crippen molar-refractivity contribution in [2.24, 2.45) is 23.7 Å². The molecule has 0 radical (unpaired) electrons. The van der Waals surface area contributed by atoms with Crippen LogP contribution in [0.15, 0.2) is 33.6 Å². The number of nitrogens with one attached hydrogen (secondary N) is 4. The van der Waals surface area contributed by atoms with Gasteiger partial charge in [0.25, 0.3) is 17.4 Å². The molecule has 1 unspecified atom stereocenters. The van der Waals surface area contributed by atoms with Gasteiger partial charge in [0.2, 0.25) is 17.6 Å². The number of anilines is 1. The van der Waals surface area contributed by atoms with Gasteiger partial charge in [-0.1, -0.05) is 6.92 Å². The quantitative estimate of drug-likeness (QED) is 0.245. The summed E-state index contributed by atoms with van der Waals surface area (Å²) >= 11 is 0. The molecule has 0 aliphatic heterocycles. The van der Waals surface area contributed by atoms with Gasteiger partial charge in [-0.15, -0.1) is 0 Å². The number of carbonyl (C=O) groups is 5. The fourth-order valence-corrected chi connectivity index (χ4v) is 7.79. The van der Waals surface area contributed by atoms with Crippen LogP contribution in [0.3, 0.4) is 0 Å². The maximum atomic E-state index is 13.8. The van der Waals surface area contributed by atoms with Crippen LogP contribution in [0, 0.1) is 30.6 Å². The number of carbonyl (C=O) groups excluding carboxylic acids is 5. The number of amides is 4. The van der Waals surface area contributed by atoms with E-state index in [0.717, 1.165) is 37.5 Å². The zero-order chi connectivity index (χ0) is 33.2. The Balaban J connectivity index is 1.29. The number of hydrogen-bond donors (Lipinski definition) is 4. The normalized spacial score (nSPS) is 24.1. The van der Waals surface area contributed by atoms with E-state index < -0.39 is 34.6 Å². The van der Waals surface area contributed by atoms with E-state index in [9.17, 15) is 28.8 Å². The van der Waals surface area contributed by atoms with Crippen LogP contribution in [0.1, 0.15) is 87.6 Å². The fourth-order valence-electron chi connectivity index (χ4n) is 7.79. The molecule has 2 aromatic heterocycles. The van der Waals surface area contributed by atoms with Crippen molar-refractivity contribution in [3.8, 4) is 0 Å². The van der Waals surface area contributed by atoms with Crippen molar-refractivity contribution in [1.82, 2.24) is 20.5 Å². The first kappa shape index (κ1) is 33.2. The van der Waals surface area contributed by atoms with Gasteiger partial charge in [-0.05, 0) is 101 Å². The summed E-state index contributed by atoms with van der Waals surface area (Å²) in [5.74, 6) is -0.0592. The number of hydrogen-bond acceptors (Lipinski definition) is 7. The minimum absolute atomic E-state index is 0.0261. The number of pyridine rings is 1. The van der Waals surface area contributed by atoms with Crippen molar-refractivity contribution in [1.29, 1.82) is 0 Å². The molecule has 4 bridgehead atoms. The highest BCUT2D eigenvalue weighted by Crippen LogP contribution is 2.53. The van der Waals surface area contributed by atoms with Gasteiger partial charge in [0, 0.05) is 37.2 Å². The van der Waals surface area contributed by atoms with Crippen LogP contribution < -0.4 is 26.8 Å². The van der Waals surface area contributed by atoms with Crippen LogP contribution in [0.25, 0.3) is 0 Å². The third-order valence-electron chi connectivity index (χ3n) is 9.99. The molecule has 1 atom stereocenters. The minimum atomic E-state index is -1.71. The molecule has 12 nitrogen and oxygen atoms in total. The molecule has 46 heavy (non-hydrogen) atoms. The van der Waals surface area contributed by atoms with Gasteiger partial charge in [0.15, 0.2) is 5.76 Å². The number of aromatic nitrogens is 1. The van der Waals surface area contributed by atoms with E-state index in [2.05, 4.69) is 21.3 Å². The molecule has 12 heteroatoms. The summed E-state index contributed by atoms with van der Waals surface area (Å²) in [5.41, 5.74) is -1.81. The lowest BCUT2D eigenvalue weighted by atomic mass is 9.54. The number of Topliss-reactive ketones (excluding diaryl/α,β-unsaturated/α-hetero) is 1. The maximum Gasteiger partial charge on any atom is 0.288 e. The van der Waals surface area contributed by atoms with Crippen molar-refractivity contribution < 1.29 is 28.4 Å². The Morgan fingerprint density at radius 3 is 2.30 bits per heavy atom. The van der Waals surface area contributed by atoms with Crippen molar-refractivity contribution in [2.75, 3.05) is 11.9 Å². The largest absolute Gasteiger partial charge is 0.456 e. The molecule has 4 fully saturated rings. The summed E-state index contributed by atoms with van der Waals surface area (Å²) in [7, 11) is 0. The number of nitrogens with zero attached hydrogens (tertiary/aromatic N) is 1. The van der Waals surface area contributed by atoms with E-state index in [4.69, 9.17) is 4.42 Å². The highest BCUT2D eigenvalue weighted by molar-refractivity contribution is 6.36. The molecule has 0 aromatic carbocycles. The van der Waals surface area contributed by atoms with Crippen molar-refractivity contribution >= 4 is 35.1 Å². The summed E-state index contributed by atoms with van der Waals surface area (Å²) in [6.07, 6.45) is 7.43. The predicted molar refractivity (Wildman–Crippen MR) is 170 cm³/mol. The van der Waals surface area contributed by atoms with Crippen LogP contribution in [0.5, 0.6) is 0 Å². The molecular formula is C34H45N5O7. The van der Waals surface area contributed by atoms with Crippen LogP contribution >= 0.6 is 0 Å². The van der Waals surface area contributed by atoms with E-state index in [1.54, 1.807) is 26.0 Å². The molecule has 2 heterocycles. The van der Waals surface area contributed by atoms with E-state index in [1.807, 2.05) is 6.92 Å². The fraction of sp³-hybridized carbons (Fsp3) is 0.588. The van der Waals surface area contributed by atoms with Crippen LogP contribution in [0.2, 0.25) is 0 Å². The number of aryl methyl sites for hydroxylation is 2. The summed E-state index contributed by atoms with van der Waals surface area (Å²) in [5, 5.41) is 10.9. The summed E-state index contributed by atoms with van der Waals surface area (Å²) in [6.45, 7) is 6.75. The number of rotatable bonds is 13. The van der Waals surface area contributed by atoms with Crippen LogP contribution in [0.4, 0.5) is 5.69 Å². The second-order valence-corrected chi connectivity index (χ2v) is 13.5. The molecule has 4 aliphatic carbocycles. The SMILES string of the molecule is CCNC(=O)C(=O)CCC(C)(NC(=O)c1oc(CC)cc1C)C(=O)Nc1cccn(CC(=O)NC2C3CC4CC(C3)CC2C4)c1=O. The maximum absolute atomic E-state index is 13.8. The smallest absolute Gasteiger partial charge is 0.288 e. The Morgan fingerprint density at radius 1 is 1.02 bits per heavy atom. The molecule has 0 saturated heterocycles. The van der Waals surface area contributed by atoms with E-state index in [-0.39, 0.29) is 49.3 Å². The monoisotopic (exact) mass is 635 g/mol. The molecule has 4 N–H and O–H groups in total.